The van der Waals surface area contributed by atoms with Gasteiger partial charge in [-0.2, -0.15) is 0 Å². The van der Waals surface area contributed by atoms with Gasteiger partial charge in [0.25, 0.3) is 11.8 Å². The van der Waals surface area contributed by atoms with E-state index in [1.807, 2.05) is 15.9 Å². The number of piperazine rings is 1. The van der Waals surface area contributed by atoms with Crippen molar-refractivity contribution in [2.75, 3.05) is 49.5 Å². The van der Waals surface area contributed by atoms with Gasteiger partial charge in [0.1, 0.15) is 5.82 Å². The van der Waals surface area contributed by atoms with Gasteiger partial charge in [0.2, 0.25) is 5.91 Å². The van der Waals surface area contributed by atoms with Crippen LogP contribution in [0.25, 0.3) is 0 Å². The molecule has 3 amide bonds. The molecule has 0 spiro atoms. The van der Waals surface area contributed by atoms with E-state index < -0.39 is 11.7 Å². The average molecular weight is 507 g/mol. The van der Waals surface area contributed by atoms with Crippen LogP contribution in [-0.2, 0) is 4.79 Å². The Bertz CT molecular complexity index is 1150. The number of nitrogens with one attached hydrogen (secondary N) is 1. The van der Waals surface area contributed by atoms with Crippen LogP contribution in [0.5, 0.6) is 0 Å². The van der Waals surface area contributed by atoms with Crippen molar-refractivity contribution in [3.05, 3.63) is 59.4 Å². The van der Waals surface area contributed by atoms with Crippen molar-refractivity contribution < 1.29 is 18.8 Å². The first-order chi connectivity index (χ1) is 18.0. The zero-order valence-corrected chi connectivity index (χ0v) is 21.3. The first-order valence-electron chi connectivity index (χ1n) is 13.5. The Morgan fingerprint density at radius 2 is 1.46 bits per heavy atom. The zero-order valence-electron chi connectivity index (χ0n) is 21.3. The fourth-order valence-electron chi connectivity index (χ4n) is 5.77. The van der Waals surface area contributed by atoms with Crippen LogP contribution in [0.15, 0.2) is 42.5 Å². The van der Waals surface area contributed by atoms with Gasteiger partial charge in [-0.1, -0.05) is 25.0 Å². The molecule has 3 aliphatic rings. The lowest BCUT2D eigenvalue weighted by Gasteiger charge is -2.38. The van der Waals surface area contributed by atoms with Gasteiger partial charge < -0.3 is 20.0 Å². The molecule has 1 N–H and O–H groups in total. The highest BCUT2D eigenvalue weighted by Crippen LogP contribution is 2.30. The predicted octanol–water partition coefficient (Wildman–Crippen LogP) is 4.54. The van der Waals surface area contributed by atoms with E-state index in [-0.39, 0.29) is 23.3 Å². The van der Waals surface area contributed by atoms with Gasteiger partial charge in [-0.25, -0.2) is 4.39 Å². The number of benzene rings is 2. The highest BCUT2D eigenvalue weighted by atomic mass is 19.1. The average Bonchev–Trinajstić information content (AvgIpc) is 3.48. The molecule has 1 saturated carbocycles. The second kappa shape index (κ2) is 11.3. The summed E-state index contributed by atoms with van der Waals surface area (Å²) in [5, 5.41) is 2.76. The van der Waals surface area contributed by atoms with E-state index in [0.29, 0.717) is 50.5 Å². The molecular weight excluding hydrogens is 471 g/mol. The third kappa shape index (κ3) is 5.63. The molecule has 1 aliphatic carbocycles. The summed E-state index contributed by atoms with van der Waals surface area (Å²) in [5.41, 5.74) is 1.75. The van der Waals surface area contributed by atoms with Crippen molar-refractivity contribution in [2.45, 2.75) is 44.9 Å². The molecule has 2 saturated heterocycles. The first kappa shape index (κ1) is 25.2. The quantitative estimate of drug-likeness (QED) is 0.646. The van der Waals surface area contributed by atoms with E-state index in [9.17, 15) is 18.8 Å². The van der Waals surface area contributed by atoms with Crippen LogP contribution in [0, 0.1) is 11.7 Å². The Kier molecular flexibility index (Phi) is 7.72. The van der Waals surface area contributed by atoms with Gasteiger partial charge in [-0.3, -0.25) is 14.4 Å². The molecule has 5 rings (SSSR count). The smallest absolute Gasteiger partial charge is 0.258 e. The molecule has 196 valence electrons. The van der Waals surface area contributed by atoms with Gasteiger partial charge >= 0.3 is 0 Å². The van der Waals surface area contributed by atoms with E-state index in [0.717, 1.165) is 50.6 Å². The van der Waals surface area contributed by atoms with Crippen molar-refractivity contribution in [1.82, 2.24) is 9.80 Å². The van der Waals surface area contributed by atoms with E-state index in [4.69, 9.17) is 0 Å². The maximum Gasteiger partial charge on any atom is 0.258 e. The second-order valence-corrected chi connectivity index (χ2v) is 10.3. The Labute approximate surface area is 217 Å². The number of piperidine rings is 1. The van der Waals surface area contributed by atoms with Crippen molar-refractivity contribution in [3.63, 3.8) is 0 Å². The van der Waals surface area contributed by atoms with Gasteiger partial charge in [-0.15, -0.1) is 0 Å². The SMILES string of the molecule is O=C(Nc1ccc(N2CCN(C(=O)C3CCCC3)CC2)c(C(=O)N2CCCCC2)c1)c1ccccc1F. The van der Waals surface area contributed by atoms with Crippen LogP contribution >= 0.6 is 0 Å². The number of carbonyl (C=O) groups excluding carboxylic acids is 3. The summed E-state index contributed by atoms with van der Waals surface area (Å²) >= 11 is 0. The molecule has 37 heavy (non-hydrogen) atoms. The molecule has 2 aromatic carbocycles. The third-order valence-electron chi connectivity index (χ3n) is 7.88. The molecule has 0 radical (unpaired) electrons. The molecule has 2 aromatic rings. The van der Waals surface area contributed by atoms with E-state index in [1.54, 1.807) is 18.2 Å². The number of rotatable bonds is 5. The lowest BCUT2D eigenvalue weighted by atomic mass is 10.0. The van der Waals surface area contributed by atoms with Crippen molar-refractivity contribution in [3.8, 4) is 0 Å². The largest absolute Gasteiger partial charge is 0.367 e. The van der Waals surface area contributed by atoms with Crippen LogP contribution in [0.3, 0.4) is 0 Å². The van der Waals surface area contributed by atoms with Crippen LogP contribution < -0.4 is 10.2 Å². The van der Waals surface area contributed by atoms with Crippen molar-refractivity contribution in [2.24, 2.45) is 5.92 Å². The first-order valence-corrected chi connectivity index (χ1v) is 13.5. The monoisotopic (exact) mass is 506 g/mol. The zero-order chi connectivity index (χ0) is 25.8. The Balaban J connectivity index is 1.35. The predicted molar refractivity (Wildman–Crippen MR) is 141 cm³/mol. The summed E-state index contributed by atoms with van der Waals surface area (Å²) in [6.07, 6.45) is 7.34. The fourth-order valence-corrected chi connectivity index (χ4v) is 5.77. The maximum absolute atomic E-state index is 14.1. The molecule has 0 aromatic heterocycles. The minimum absolute atomic E-state index is 0.0430. The van der Waals surface area contributed by atoms with Gasteiger partial charge in [-0.05, 0) is 62.4 Å². The highest BCUT2D eigenvalue weighted by molar-refractivity contribution is 6.06. The van der Waals surface area contributed by atoms with Crippen molar-refractivity contribution >= 4 is 29.1 Å². The van der Waals surface area contributed by atoms with Gasteiger partial charge in [0.15, 0.2) is 0 Å². The fraction of sp³-hybridized carbons (Fsp3) is 0.483. The Morgan fingerprint density at radius 1 is 0.757 bits per heavy atom. The number of anilines is 2. The number of hydrogen-bond acceptors (Lipinski definition) is 4. The van der Waals surface area contributed by atoms with E-state index >= 15 is 0 Å². The summed E-state index contributed by atoms with van der Waals surface area (Å²) < 4.78 is 14.1. The summed E-state index contributed by atoms with van der Waals surface area (Å²) in [4.78, 5) is 45.3. The Morgan fingerprint density at radius 3 is 2.16 bits per heavy atom. The van der Waals surface area contributed by atoms with Crippen LogP contribution in [-0.4, -0.2) is 66.8 Å². The van der Waals surface area contributed by atoms with E-state index in [1.165, 1.54) is 18.2 Å². The van der Waals surface area contributed by atoms with Crippen molar-refractivity contribution in [1.29, 1.82) is 0 Å². The molecule has 8 heteroatoms. The molecule has 0 atom stereocenters. The van der Waals surface area contributed by atoms with E-state index in [2.05, 4.69) is 10.2 Å². The third-order valence-corrected chi connectivity index (χ3v) is 7.88. The van der Waals surface area contributed by atoms with Crippen LogP contribution in [0.1, 0.15) is 65.7 Å². The summed E-state index contributed by atoms with van der Waals surface area (Å²) in [6.45, 7) is 4.01. The molecular formula is C29H35FN4O3. The lowest BCUT2D eigenvalue weighted by Crippen LogP contribution is -2.50. The second-order valence-electron chi connectivity index (χ2n) is 10.3. The minimum atomic E-state index is -0.591. The number of hydrogen-bond donors (Lipinski definition) is 1. The number of halogens is 1. The number of nitrogens with zero attached hydrogens (tertiary/aromatic N) is 3. The molecule has 2 heterocycles. The van der Waals surface area contributed by atoms with Gasteiger partial charge in [0.05, 0.1) is 11.1 Å². The number of amides is 3. The topological polar surface area (TPSA) is 73.0 Å². The Hall–Kier alpha value is -3.42. The normalized spacial score (nSPS) is 18.7. The number of likely N-dealkylation sites (tertiary alicyclic amines) is 1. The molecule has 3 fully saturated rings. The standard InChI is InChI=1S/C29H35FN4O3/c30-25-11-5-4-10-23(25)27(35)31-22-12-13-26(24(20-22)29(37)33-14-6-1-7-15-33)32-16-18-34(19-17-32)28(36)21-8-2-3-9-21/h4-5,10-13,20-21H,1-3,6-9,14-19H2,(H,31,35). The maximum atomic E-state index is 14.1. The van der Waals surface area contributed by atoms with Gasteiger partial charge in [0, 0.05) is 56.6 Å². The molecule has 7 nitrogen and oxygen atoms in total. The lowest BCUT2D eigenvalue weighted by molar-refractivity contribution is -0.135. The molecule has 0 unspecified atom stereocenters. The molecule has 2 aliphatic heterocycles. The highest BCUT2D eigenvalue weighted by Gasteiger charge is 2.31. The minimum Gasteiger partial charge on any atom is -0.367 e. The summed E-state index contributed by atoms with van der Waals surface area (Å²) in [7, 11) is 0. The number of carbonyl (C=O) groups is 3. The molecule has 0 bridgehead atoms. The summed E-state index contributed by atoms with van der Waals surface area (Å²) in [6, 6.07) is 11.2. The summed E-state index contributed by atoms with van der Waals surface area (Å²) in [5.74, 6) is -0.762. The van der Waals surface area contributed by atoms with Crippen LogP contribution in [0.4, 0.5) is 15.8 Å². The van der Waals surface area contributed by atoms with Crippen LogP contribution in [0.2, 0.25) is 0 Å².